The molecule has 1 aliphatic rings. The number of ether oxygens (including phenoxy) is 1. The molecule has 0 atom stereocenters. The van der Waals surface area contributed by atoms with Crippen LogP contribution in [0, 0.1) is 5.41 Å². The van der Waals surface area contributed by atoms with Gasteiger partial charge < -0.3 is 10.1 Å². The van der Waals surface area contributed by atoms with Gasteiger partial charge in [0.05, 0.1) is 13.2 Å². The molecule has 0 radical (unpaired) electrons. The van der Waals surface area contributed by atoms with E-state index in [2.05, 4.69) is 58.1 Å². The third-order valence-corrected chi connectivity index (χ3v) is 3.97. The molecule has 1 N–H and O–H groups in total. The molecule has 0 saturated heterocycles. The van der Waals surface area contributed by atoms with Crippen molar-refractivity contribution >= 4 is 0 Å². The zero-order valence-corrected chi connectivity index (χ0v) is 13.7. The molecule has 20 heavy (non-hydrogen) atoms. The van der Waals surface area contributed by atoms with E-state index in [0.717, 1.165) is 26.2 Å². The number of fused-ring (bicyclic) bond motifs is 1. The zero-order chi connectivity index (χ0) is 14.8. The van der Waals surface area contributed by atoms with Crippen molar-refractivity contribution in [2.24, 2.45) is 5.41 Å². The van der Waals surface area contributed by atoms with E-state index in [1.807, 2.05) is 0 Å². The fourth-order valence-electron chi connectivity index (χ4n) is 2.46. The molecule has 0 unspecified atom stereocenters. The van der Waals surface area contributed by atoms with Crippen LogP contribution < -0.4 is 5.32 Å². The standard InChI is InChI=1S/C18H29NO/c1-17(2,3)19-13-18(4,5)9-8-14-6-7-15-11-20-12-16(15)10-14/h6-7,10,19H,8-9,11-13H2,1-5H3. The van der Waals surface area contributed by atoms with Gasteiger partial charge >= 0.3 is 0 Å². The van der Waals surface area contributed by atoms with Gasteiger partial charge in [-0.25, -0.2) is 0 Å². The Bertz CT molecular complexity index is 457. The number of rotatable bonds is 5. The lowest BCUT2D eigenvalue weighted by Gasteiger charge is -2.30. The third kappa shape index (κ3) is 4.60. The Morgan fingerprint density at radius 3 is 2.45 bits per heavy atom. The highest BCUT2D eigenvalue weighted by Crippen LogP contribution is 2.26. The molecule has 0 spiro atoms. The van der Waals surface area contributed by atoms with Gasteiger partial charge in [-0.1, -0.05) is 32.0 Å². The van der Waals surface area contributed by atoms with E-state index in [-0.39, 0.29) is 5.54 Å². The number of nitrogens with one attached hydrogen (secondary N) is 1. The Kier molecular flexibility index (Phi) is 4.55. The normalized spacial score (nSPS) is 15.4. The van der Waals surface area contributed by atoms with Gasteiger partial charge in [0.15, 0.2) is 0 Å². The van der Waals surface area contributed by atoms with Crippen molar-refractivity contribution in [3.05, 3.63) is 34.9 Å². The maximum Gasteiger partial charge on any atom is 0.0725 e. The monoisotopic (exact) mass is 275 g/mol. The van der Waals surface area contributed by atoms with Crippen molar-refractivity contribution in [1.29, 1.82) is 0 Å². The maximum absolute atomic E-state index is 5.48. The van der Waals surface area contributed by atoms with Crippen LogP contribution in [0.4, 0.5) is 0 Å². The molecule has 0 fully saturated rings. The number of benzene rings is 1. The van der Waals surface area contributed by atoms with Gasteiger partial charge in [-0.2, -0.15) is 0 Å². The molecule has 0 aromatic heterocycles. The van der Waals surface area contributed by atoms with E-state index in [9.17, 15) is 0 Å². The first-order chi connectivity index (χ1) is 9.25. The molecule has 0 aliphatic carbocycles. The highest BCUT2D eigenvalue weighted by atomic mass is 16.5. The van der Waals surface area contributed by atoms with Crippen LogP contribution in [0.5, 0.6) is 0 Å². The fraction of sp³-hybridized carbons (Fsp3) is 0.667. The van der Waals surface area contributed by atoms with Gasteiger partial charge in [0.1, 0.15) is 0 Å². The van der Waals surface area contributed by atoms with Crippen LogP contribution in [0.25, 0.3) is 0 Å². The molecule has 2 heteroatoms. The van der Waals surface area contributed by atoms with E-state index >= 15 is 0 Å². The van der Waals surface area contributed by atoms with Crippen LogP contribution in [0.15, 0.2) is 18.2 Å². The Balaban J connectivity index is 1.87. The van der Waals surface area contributed by atoms with Crippen molar-refractivity contribution in [3.63, 3.8) is 0 Å². The van der Waals surface area contributed by atoms with Crippen molar-refractivity contribution in [2.75, 3.05) is 6.54 Å². The van der Waals surface area contributed by atoms with Crippen LogP contribution in [0.1, 0.15) is 57.7 Å². The molecule has 1 aromatic rings. The zero-order valence-electron chi connectivity index (χ0n) is 13.7. The predicted octanol–water partition coefficient (Wildman–Crippen LogP) is 4.06. The van der Waals surface area contributed by atoms with Gasteiger partial charge in [-0.3, -0.25) is 0 Å². The van der Waals surface area contributed by atoms with Crippen LogP contribution in [-0.2, 0) is 24.4 Å². The number of aryl methyl sites for hydroxylation is 1. The molecule has 0 saturated carbocycles. The van der Waals surface area contributed by atoms with E-state index < -0.39 is 0 Å². The molecule has 1 aliphatic heterocycles. The summed E-state index contributed by atoms with van der Waals surface area (Å²) in [4.78, 5) is 0. The summed E-state index contributed by atoms with van der Waals surface area (Å²) in [5, 5.41) is 3.62. The van der Waals surface area contributed by atoms with Gasteiger partial charge in [0, 0.05) is 12.1 Å². The fourth-order valence-corrected chi connectivity index (χ4v) is 2.46. The van der Waals surface area contributed by atoms with E-state index in [4.69, 9.17) is 4.74 Å². The molecule has 2 nitrogen and oxygen atoms in total. The third-order valence-electron chi connectivity index (χ3n) is 3.97. The molecule has 112 valence electrons. The summed E-state index contributed by atoms with van der Waals surface area (Å²) in [6, 6.07) is 6.83. The topological polar surface area (TPSA) is 21.3 Å². The highest BCUT2D eigenvalue weighted by Gasteiger charge is 2.21. The minimum absolute atomic E-state index is 0.197. The molecular weight excluding hydrogens is 246 g/mol. The lowest BCUT2D eigenvalue weighted by Crippen LogP contribution is -2.42. The van der Waals surface area contributed by atoms with E-state index in [1.54, 1.807) is 0 Å². The Morgan fingerprint density at radius 2 is 1.75 bits per heavy atom. The number of hydrogen-bond acceptors (Lipinski definition) is 2. The molecule has 2 rings (SSSR count). The minimum atomic E-state index is 0.197. The second kappa shape index (κ2) is 5.87. The quantitative estimate of drug-likeness (QED) is 0.875. The van der Waals surface area contributed by atoms with Crippen molar-refractivity contribution < 1.29 is 4.74 Å². The SMILES string of the molecule is CC(C)(CCc1ccc2c(c1)COC2)CNC(C)(C)C. The summed E-state index contributed by atoms with van der Waals surface area (Å²) in [5.41, 5.74) is 4.71. The molecule has 1 aromatic carbocycles. The second-order valence-electron chi connectivity index (χ2n) is 7.86. The second-order valence-corrected chi connectivity index (χ2v) is 7.86. The summed E-state index contributed by atoms with van der Waals surface area (Å²) < 4.78 is 5.48. The smallest absolute Gasteiger partial charge is 0.0725 e. The van der Waals surface area contributed by atoms with Gasteiger partial charge in [-0.15, -0.1) is 0 Å². The average Bonchev–Trinajstić information content (AvgIpc) is 2.81. The molecule has 0 amide bonds. The van der Waals surface area contributed by atoms with Crippen LogP contribution in [0.2, 0.25) is 0 Å². The van der Waals surface area contributed by atoms with Crippen molar-refractivity contribution in [1.82, 2.24) is 5.32 Å². The van der Waals surface area contributed by atoms with Gasteiger partial charge in [-0.05, 0) is 55.7 Å². The largest absolute Gasteiger partial charge is 0.372 e. The van der Waals surface area contributed by atoms with Crippen molar-refractivity contribution in [3.8, 4) is 0 Å². The molecule has 0 bridgehead atoms. The van der Waals surface area contributed by atoms with Crippen molar-refractivity contribution in [2.45, 2.75) is 66.2 Å². The van der Waals surface area contributed by atoms with Crippen LogP contribution in [-0.4, -0.2) is 12.1 Å². The predicted molar refractivity (Wildman–Crippen MR) is 84.8 cm³/mol. The van der Waals surface area contributed by atoms with Gasteiger partial charge in [0.2, 0.25) is 0 Å². The Hall–Kier alpha value is -0.860. The van der Waals surface area contributed by atoms with E-state index in [1.165, 1.54) is 23.1 Å². The Morgan fingerprint density at radius 1 is 1.05 bits per heavy atom. The first-order valence-electron chi connectivity index (χ1n) is 7.69. The minimum Gasteiger partial charge on any atom is -0.372 e. The lowest BCUT2D eigenvalue weighted by molar-refractivity contribution is 0.134. The first-order valence-corrected chi connectivity index (χ1v) is 7.69. The first kappa shape index (κ1) is 15.5. The number of hydrogen-bond donors (Lipinski definition) is 1. The molecular formula is C18H29NO. The summed E-state index contributed by atoms with van der Waals surface area (Å²) in [7, 11) is 0. The van der Waals surface area contributed by atoms with E-state index in [0.29, 0.717) is 5.41 Å². The highest BCUT2D eigenvalue weighted by molar-refractivity contribution is 5.33. The average molecular weight is 275 g/mol. The van der Waals surface area contributed by atoms with Crippen LogP contribution >= 0.6 is 0 Å². The Labute approximate surface area is 123 Å². The summed E-state index contributed by atoms with van der Waals surface area (Å²) in [5.74, 6) is 0. The summed E-state index contributed by atoms with van der Waals surface area (Å²) >= 11 is 0. The van der Waals surface area contributed by atoms with Gasteiger partial charge in [0.25, 0.3) is 0 Å². The summed E-state index contributed by atoms with van der Waals surface area (Å²) in [6.45, 7) is 14.0. The maximum atomic E-state index is 5.48. The molecule has 1 heterocycles. The van der Waals surface area contributed by atoms with Crippen LogP contribution in [0.3, 0.4) is 0 Å². The summed E-state index contributed by atoms with van der Waals surface area (Å²) in [6.07, 6.45) is 2.35. The lowest BCUT2D eigenvalue weighted by atomic mass is 9.85.